The molecule has 2 N–H and O–H groups in total. The van der Waals surface area contributed by atoms with E-state index in [0.717, 1.165) is 50.8 Å². The standard InChI is InChI=1S/C22H32N4OS.HI/c1-17(2)16-27-20-7-4-6-18(14-20)15-24-22(23-3)25-19-9-11-26(12-10-19)21-8-5-13-28-21;/h4-8,13-14,17,19H,9-12,15-16H2,1-3H3,(H2,23,24,25);1H. The molecule has 160 valence electrons. The van der Waals surface area contributed by atoms with Crippen molar-refractivity contribution in [3.8, 4) is 5.75 Å². The van der Waals surface area contributed by atoms with Crippen molar-refractivity contribution < 1.29 is 4.74 Å². The number of hydrogen-bond acceptors (Lipinski definition) is 4. The number of anilines is 1. The third kappa shape index (κ3) is 7.70. The molecule has 2 aromatic rings. The zero-order valence-corrected chi connectivity index (χ0v) is 20.7. The average molecular weight is 529 g/mol. The van der Waals surface area contributed by atoms with Crippen molar-refractivity contribution in [2.24, 2.45) is 10.9 Å². The Morgan fingerprint density at radius 3 is 2.69 bits per heavy atom. The second-order valence-electron chi connectivity index (χ2n) is 7.63. The Morgan fingerprint density at radius 1 is 1.24 bits per heavy atom. The molecule has 0 amide bonds. The number of nitrogens with zero attached hydrogens (tertiary/aromatic N) is 2. The Morgan fingerprint density at radius 2 is 2.03 bits per heavy atom. The minimum Gasteiger partial charge on any atom is -0.493 e. The molecule has 0 unspecified atom stereocenters. The number of halogens is 1. The maximum absolute atomic E-state index is 5.83. The molecule has 1 aliphatic rings. The Kier molecular flexibility index (Phi) is 10.1. The molecule has 1 aromatic heterocycles. The highest BCUT2D eigenvalue weighted by molar-refractivity contribution is 14.0. The summed E-state index contributed by atoms with van der Waals surface area (Å²) < 4.78 is 5.83. The van der Waals surface area contributed by atoms with Crippen LogP contribution in [-0.4, -0.2) is 38.7 Å². The largest absolute Gasteiger partial charge is 0.493 e. The smallest absolute Gasteiger partial charge is 0.191 e. The van der Waals surface area contributed by atoms with Crippen LogP contribution in [0.1, 0.15) is 32.3 Å². The topological polar surface area (TPSA) is 48.9 Å². The number of nitrogens with one attached hydrogen (secondary N) is 2. The summed E-state index contributed by atoms with van der Waals surface area (Å²) >= 11 is 1.82. The first kappa shape index (κ1) is 23.8. The predicted octanol–water partition coefficient (Wildman–Crippen LogP) is 4.73. The van der Waals surface area contributed by atoms with Crippen molar-refractivity contribution in [3.05, 3.63) is 47.3 Å². The average Bonchev–Trinajstić information content (AvgIpc) is 3.25. The van der Waals surface area contributed by atoms with Crippen LogP contribution in [-0.2, 0) is 6.54 Å². The van der Waals surface area contributed by atoms with Gasteiger partial charge in [0.1, 0.15) is 5.75 Å². The van der Waals surface area contributed by atoms with Gasteiger partial charge in [0.05, 0.1) is 11.6 Å². The van der Waals surface area contributed by atoms with Gasteiger partial charge in [0.15, 0.2) is 5.96 Å². The van der Waals surface area contributed by atoms with Gasteiger partial charge in [-0.05, 0) is 54.0 Å². The van der Waals surface area contributed by atoms with E-state index < -0.39 is 0 Å². The molecular formula is C22H33IN4OS. The van der Waals surface area contributed by atoms with Crippen molar-refractivity contribution in [3.63, 3.8) is 0 Å². The van der Waals surface area contributed by atoms with Crippen LogP contribution in [0.3, 0.4) is 0 Å². The molecule has 0 saturated carbocycles. The van der Waals surface area contributed by atoms with Gasteiger partial charge in [0, 0.05) is 32.7 Å². The van der Waals surface area contributed by atoms with Crippen LogP contribution in [0, 0.1) is 5.92 Å². The van der Waals surface area contributed by atoms with E-state index in [9.17, 15) is 0 Å². The van der Waals surface area contributed by atoms with Gasteiger partial charge < -0.3 is 20.3 Å². The van der Waals surface area contributed by atoms with E-state index >= 15 is 0 Å². The highest BCUT2D eigenvalue weighted by Gasteiger charge is 2.20. The van der Waals surface area contributed by atoms with Crippen LogP contribution in [0.4, 0.5) is 5.00 Å². The first-order chi connectivity index (χ1) is 13.6. The van der Waals surface area contributed by atoms with Crippen molar-refractivity contribution >= 4 is 46.3 Å². The number of piperidine rings is 1. The maximum Gasteiger partial charge on any atom is 0.191 e. The fraction of sp³-hybridized carbons (Fsp3) is 0.500. The molecule has 0 radical (unpaired) electrons. The quantitative estimate of drug-likeness (QED) is 0.310. The van der Waals surface area contributed by atoms with Crippen LogP contribution in [0.5, 0.6) is 5.75 Å². The lowest BCUT2D eigenvalue weighted by molar-refractivity contribution is 0.271. The number of benzene rings is 1. The van der Waals surface area contributed by atoms with Gasteiger partial charge >= 0.3 is 0 Å². The molecule has 3 rings (SSSR count). The van der Waals surface area contributed by atoms with E-state index in [2.05, 4.69) is 64.0 Å². The fourth-order valence-electron chi connectivity index (χ4n) is 3.28. The second-order valence-corrected chi connectivity index (χ2v) is 8.56. The molecular weight excluding hydrogens is 495 g/mol. The zero-order valence-electron chi connectivity index (χ0n) is 17.6. The molecule has 0 aliphatic carbocycles. The van der Waals surface area contributed by atoms with Crippen LogP contribution < -0.4 is 20.3 Å². The molecule has 2 heterocycles. The van der Waals surface area contributed by atoms with E-state index in [0.29, 0.717) is 12.0 Å². The van der Waals surface area contributed by atoms with Gasteiger partial charge in [-0.25, -0.2) is 0 Å². The molecule has 29 heavy (non-hydrogen) atoms. The number of rotatable bonds is 7. The van der Waals surface area contributed by atoms with E-state index in [4.69, 9.17) is 4.74 Å². The van der Waals surface area contributed by atoms with Gasteiger partial charge in [0.25, 0.3) is 0 Å². The summed E-state index contributed by atoms with van der Waals surface area (Å²) in [5.41, 5.74) is 1.19. The summed E-state index contributed by atoms with van der Waals surface area (Å²) in [6.45, 7) is 7.96. The summed E-state index contributed by atoms with van der Waals surface area (Å²) in [7, 11) is 1.83. The van der Waals surface area contributed by atoms with Crippen LogP contribution >= 0.6 is 35.3 Å². The fourth-order valence-corrected chi connectivity index (χ4v) is 4.06. The van der Waals surface area contributed by atoms with Crippen LogP contribution in [0.2, 0.25) is 0 Å². The number of aliphatic imine (C=N–C) groups is 1. The third-order valence-corrected chi connectivity index (χ3v) is 5.75. The van der Waals surface area contributed by atoms with Gasteiger partial charge in [-0.2, -0.15) is 0 Å². The summed E-state index contributed by atoms with van der Waals surface area (Å²) in [6, 6.07) is 13.1. The summed E-state index contributed by atoms with van der Waals surface area (Å²) in [5, 5.41) is 10.5. The molecule has 1 aliphatic heterocycles. The van der Waals surface area contributed by atoms with E-state index in [1.54, 1.807) is 0 Å². The van der Waals surface area contributed by atoms with Crippen molar-refractivity contribution in [1.29, 1.82) is 0 Å². The van der Waals surface area contributed by atoms with Crippen molar-refractivity contribution in [2.75, 3.05) is 31.6 Å². The van der Waals surface area contributed by atoms with Crippen LogP contribution in [0.25, 0.3) is 0 Å². The van der Waals surface area contributed by atoms with E-state index in [1.165, 1.54) is 10.6 Å². The molecule has 7 heteroatoms. The van der Waals surface area contributed by atoms with E-state index in [-0.39, 0.29) is 24.0 Å². The highest BCUT2D eigenvalue weighted by Crippen LogP contribution is 2.24. The Hall–Kier alpha value is -1.48. The highest BCUT2D eigenvalue weighted by atomic mass is 127. The molecule has 0 atom stereocenters. The van der Waals surface area contributed by atoms with E-state index in [1.807, 2.05) is 30.5 Å². The second kappa shape index (κ2) is 12.3. The normalized spacial score (nSPS) is 15.2. The lowest BCUT2D eigenvalue weighted by Gasteiger charge is -2.33. The first-order valence-electron chi connectivity index (χ1n) is 10.1. The molecule has 1 aromatic carbocycles. The lowest BCUT2D eigenvalue weighted by atomic mass is 10.1. The van der Waals surface area contributed by atoms with Gasteiger partial charge in [-0.1, -0.05) is 26.0 Å². The Balaban J connectivity index is 0.00000300. The SMILES string of the molecule is CN=C(NCc1cccc(OCC(C)C)c1)NC1CCN(c2cccs2)CC1.I. The van der Waals surface area contributed by atoms with Crippen molar-refractivity contribution in [1.82, 2.24) is 10.6 Å². The number of thiophene rings is 1. The molecule has 0 bridgehead atoms. The Bertz CT molecular complexity index is 743. The summed E-state index contributed by atoms with van der Waals surface area (Å²) in [6.07, 6.45) is 2.24. The maximum atomic E-state index is 5.83. The minimum atomic E-state index is 0. The summed E-state index contributed by atoms with van der Waals surface area (Å²) in [5.74, 6) is 2.32. The minimum absolute atomic E-state index is 0. The summed E-state index contributed by atoms with van der Waals surface area (Å²) in [4.78, 5) is 6.87. The lowest BCUT2D eigenvalue weighted by Crippen LogP contribution is -2.48. The predicted molar refractivity (Wildman–Crippen MR) is 135 cm³/mol. The Labute approximate surface area is 196 Å². The molecule has 5 nitrogen and oxygen atoms in total. The van der Waals surface area contributed by atoms with Gasteiger partial charge in [-0.15, -0.1) is 35.3 Å². The molecule has 1 saturated heterocycles. The van der Waals surface area contributed by atoms with Gasteiger partial charge in [0.2, 0.25) is 0 Å². The van der Waals surface area contributed by atoms with Crippen molar-refractivity contribution in [2.45, 2.75) is 39.3 Å². The first-order valence-corrected chi connectivity index (χ1v) is 11.0. The van der Waals surface area contributed by atoms with Gasteiger partial charge in [-0.3, -0.25) is 4.99 Å². The third-order valence-electron chi connectivity index (χ3n) is 4.82. The van der Waals surface area contributed by atoms with Crippen LogP contribution in [0.15, 0.2) is 46.8 Å². The molecule has 0 spiro atoms. The monoisotopic (exact) mass is 528 g/mol. The molecule has 1 fully saturated rings. The number of ether oxygens (including phenoxy) is 1. The number of hydrogen-bond donors (Lipinski definition) is 2. The zero-order chi connectivity index (χ0) is 19.8. The number of guanidine groups is 1.